The molecule has 0 saturated carbocycles. The van der Waals surface area contributed by atoms with Crippen LogP contribution in [0.1, 0.15) is 25.5 Å². The molecule has 1 aromatic carbocycles. The number of hydrogen-bond acceptors (Lipinski definition) is 6. The largest absolute Gasteiger partial charge is 0.469 e. The number of aliphatic hydroxyl groups excluding tert-OH is 1. The zero-order chi connectivity index (χ0) is 16.9. The van der Waals surface area contributed by atoms with E-state index in [1.807, 2.05) is 0 Å². The number of aliphatic hydroxyl groups is 1. The molecule has 22 heavy (non-hydrogen) atoms. The van der Waals surface area contributed by atoms with Crippen molar-refractivity contribution in [2.45, 2.75) is 26.0 Å². The van der Waals surface area contributed by atoms with Crippen molar-refractivity contribution < 1.29 is 24.4 Å². The molecule has 2 N–H and O–H groups in total. The molecular weight excluding hydrogens is 292 g/mol. The van der Waals surface area contributed by atoms with Gasteiger partial charge in [-0.3, -0.25) is 19.7 Å². The first-order valence-electron chi connectivity index (χ1n) is 6.55. The highest BCUT2D eigenvalue weighted by atomic mass is 16.6. The van der Waals surface area contributed by atoms with Crippen LogP contribution in [0.25, 0.3) is 0 Å². The average Bonchev–Trinajstić information content (AvgIpc) is 2.45. The lowest BCUT2D eigenvalue weighted by molar-refractivity contribution is -0.384. The number of nitrogens with zero attached hydrogens (tertiary/aromatic N) is 1. The molecule has 0 fully saturated rings. The molecule has 3 atom stereocenters. The fraction of sp³-hybridized carbons (Fsp3) is 0.429. The highest BCUT2D eigenvalue weighted by Crippen LogP contribution is 2.27. The lowest BCUT2D eigenvalue weighted by Crippen LogP contribution is -2.41. The lowest BCUT2D eigenvalue weighted by atomic mass is 9.89. The molecule has 0 bridgehead atoms. The number of benzene rings is 1. The van der Waals surface area contributed by atoms with Crippen LogP contribution >= 0.6 is 0 Å². The summed E-state index contributed by atoms with van der Waals surface area (Å²) in [6.07, 6.45) is -1.08. The number of amides is 1. The van der Waals surface area contributed by atoms with Crippen molar-refractivity contribution in [3.8, 4) is 0 Å². The highest BCUT2D eigenvalue weighted by molar-refractivity contribution is 5.78. The second kappa shape index (κ2) is 7.51. The fourth-order valence-electron chi connectivity index (χ4n) is 2.15. The van der Waals surface area contributed by atoms with E-state index in [1.54, 1.807) is 0 Å². The third-order valence-electron chi connectivity index (χ3n) is 3.17. The number of nitro benzene ring substituents is 1. The summed E-state index contributed by atoms with van der Waals surface area (Å²) in [5.74, 6) is -2.12. The zero-order valence-corrected chi connectivity index (χ0v) is 12.5. The van der Waals surface area contributed by atoms with Crippen LogP contribution in [0.4, 0.5) is 5.69 Å². The van der Waals surface area contributed by atoms with Gasteiger partial charge >= 0.3 is 5.97 Å². The number of nitro groups is 1. The number of carbonyl (C=O) groups excluding carboxylic acids is 2. The summed E-state index contributed by atoms with van der Waals surface area (Å²) in [6.45, 7) is 2.68. The topological polar surface area (TPSA) is 119 Å². The number of esters is 1. The number of carbonyl (C=O) groups is 2. The van der Waals surface area contributed by atoms with Gasteiger partial charge in [0.1, 0.15) is 5.92 Å². The fourth-order valence-corrected chi connectivity index (χ4v) is 2.15. The minimum Gasteiger partial charge on any atom is -0.469 e. The molecule has 0 saturated heterocycles. The van der Waals surface area contributed by atoms with Gasteiger partial charge in [0.05, 0.1) is 24.2 Å². The van der Waals surface area contributed by atoms with E-state index in [0.717, 1.165) is 0 Å². The Morgan fingerprint density at radius 1 is 1.32 bits per heavy atom. The molecule has 1 amide bonds. The first-order valence-corrected chi connectivity index (χ1v) is 6.55. The average molecular weight is 310 g/mol. The summed E-state index contributed by atoms with van der Waals surface area (Å²) in [6, 6.07) is 4.53. The number of hydrogen-bond donors (Lipinski definition) is 2. The third kappa shape index (κ3) is 4.26. The minimum atomic E-state index is -1.08. The van der Waals surface area contributed by atoms with Crippen LogP contribution in [-0.4, -0.2) is 35.1 Å². The minimum absolute atomic E-state index is 0.114. The van der Waals surface area contributed by atoms with Gasteiger partial charge in [-0.15, -0.1) is 0 Å². The number of ether oxygens (including phenoxy) is 1. The maximum atomic E-state index is 11.9. The Labute approximate surface area is 127 Å². The van der Waals surface area contributed by atoms with Gasteiger partial charge in [0.15, 0.2) is 0 Å². The molecule has 1 aromatic rings. The second-order valence-electron chi connectivity index (χ2n) is 4.82. The van der Waals surface area contributed by atoms with Crippen molar-refractivity contribution in [3.05, 3.63) is 39.9 Å². The van der Waals surface area contributed by atoms with Crippen molar-refractivity contribution in [2.75, 3.05) is 7.11 Å². The molecule has 8 heteroatoms. The van der Waals surface area contributed by atoms with Gasteiger partial charge in [0, 0.05) is 19.1 Å². The van der Waals surface area contributed by atoms with Gasteiger partial charge in [0.2, 0.25) is 5.91 Å². The van der Waals surface area contributed by atoms with E-state index in [4.69, 9.17) is 0 Å². The van der Waals surface area contributed by atoms with Gasteiger partial charge in [0.25, 0.3) is 5.69 Å². The molecule has 0 unspecified atom stereocenters. The van der Waals surface area contributed by atoms with Gasteiger partial charge in [-0.25, -0.2) is 0 Å². The molecule has 0 aromatic heterocycles. The molecule has 8 nitrogen and oxygen atoms in total. The molecule has 120 valence electrons. The van der Waals surface area contributed by atoms with Gasteiger partial charge in [-0.2, -0.15) is 0 Å². The molecule has 0 aliphatic rings. The van der Waals surface area contributed by atoms with E-state index < -0.39 is 34.9 Å². The van der Waals surface area contributed by atoms with Gasteiger partial charge in [-0.1, -0.05) is 12.1 Å². The smallest absolute Gasteiger partial charge is 0.313 e. The summed E-state index contributed by atoms with van der Waals surface area (Å²) >= 11 is 0. The summed E-state index contributed by atoms with van der Waals surface area (Å²) in [5.41, 5.74) is 0.342. The molecule has 1 rings (SSSR count). The van der Waals surface area contributed by atoms with Crippen LogP contribution in [-0.2, 0) is 14.3 Å². The Morgan fingerprint density at radius 3 is 2.23 bits per heavy atom. The number of non-ortho nitro benzene ring substituents is 1. The summed E-state index contributed by atoms with van der Waals surface area (Å²) in [7, 11) is 1.18. The van der Waals surface area contributed by atoms with Crippen LogP contribution in [0.3, 0.4) is 0 Å². The van der Waals surface area contributed by atoms with Crippen LogP contribution in [0, 0.1) is 16.0 Å². The molecule has 0 spiro atoms. The standard InChI is InChI=1S/C14H18N2O6/c1-8(17)12(14(19)22-3)13(15-9(2)18)10-4-6-11(7-5-10)16(20)21/h4-8,12-13,17H,1-3H3,(H,15,18)/t8-,12-,13+/m1/s1. The quantitative estimate of drug-likeness (QED) is 0.458. The van der Waals surface area contributed by atoms with E-state index in [-0.39, 0.29) is 5.69 Å². The summed E-state index contributed by atoms with van der Waals surface area (Å²) in [5, 5.41) is 23.1. The third-order valence-corrected chi connectivity index (χ3v) is 3.17. The number of methoxy groups -OCH3 is 1. The lowest BCUT2D eigenvalue weighted by Gasteiger charge is -2.28. The predicted octanol–water partition coefficient (Wildman–Crippen LogP) is 0.942. The van der Waals surface area contributed by atoms with Crippen molar-refractivity contribution >= 4 is 17.6 Å². The number of nitrogens with one attached hydrogen (secondary N) is 1. The van der Waals surface area contributed by atoms with Crippen molar-refractivity contribution in [3.63, 3.8) is 0 Å². The van der Waals surface area contributed by atoms with E-state index in [0.29, 0.717) is 5.56 Å². The molecule has 0 aliphatic carbocycles. The monoisotopic (exact) mass is 310 g/mol. The van der Waals surface area contributed by atoms with Crippen molar-refractivity contribution in [1.82, 2.24) is 5.32 Å². The maximum absolute atomic E-state index is 11.9. The van der Waals surface area contributed by atoms with Crippen LogP contribution in [0.15, 0.2) is 24.3 Å². The van der Waals surface area contributed by atoms with E-state index >= 15 is 0 Å². The van der Waals surface area contributed by atoms with E-state index in [9.17, 15) is 24.8 Å². The predicted molar refractivity (Wildman–Crippen MR) is 76.8 cm³/mol. The van der Waals surface area contributed by atoms with E-state index in [2.05, 4.69) is 10.1 Å². The number of rotatable bonds is 6. The second-order valence-corrected chi connectivity index (χ2v) is 4.82. The molecular formula is C14H18N2O6. The first kappa shape index (κ1) is 17.6. The zero-order valence-electron chi connectivity index (χ0n) is 12.5. The van der Waals surface area contributed by atoms with Crippen molar-refractivity contribution in [2.24, 2.45) is 5.92 Å². The van der Waals surface area contributed by atoms with Crippen LogP contribution in [0.5, 0.6) is 0 Å². The van der Waals surface area contributed by atoms with Crippen molar-refractivity contribution in [1.29, 1.82) is 0 Å². The first-order chi connectivity index (χ1) is 10.3. The highest BCUT2D eigenvalue weighted by Gasteiger charge is 2.35. The Morgan fingerprint density at radius 2 is 1.86 bits per heavy atom. The SMILES string of the molecule is COC(=O)[C@H]([C@@H](C)O)[C@@H](NC(C)=O)c1ccc([N+](=O)[O-])cc1. The molecule has 0 radical (unpaired) electrons. The normalized spacial score (nSPS) is 14.5. The van der Waals surface area contributed by atoms with Gasteiger partial charge < -0.3 is 15.2 Å². The maximum Gasteiger partial charge on any atom is 0.313 e. The van der Waals surface area contributed by atoms with Gasteiger partial charge in [-0.05, 0) is 12.5 Å². The summed E-state index contributed by atoms with van der Waals surface area (Å²) in [4.78, 5) is 33.4. The molecule has 0 heterocycles. The Bertz CT molecular complexity index is 555. The van der Waals surface area contributed by atoms with E-state index in [1.165, 1.54) is 45.2 Å². The summed E-state index contributed by atoms with van der Waals surface area (Å²) < 4.78 is 4.66. The Hall–Kier alpha value is -2.48. The Balaban J connectivity index is 3.23. The Kier molecular flexibility index (Phi) is 6.00. The molecule has 0 aliphatic heterocycles. The van der Waals surface area contributed by atoms with Crippen LogP contribution < -0.4 is 5.32 Å². The van der Waals surface area contributed by atoms with Crippen LogP contribution in [0.2, 0.25) is 0 Å².